The highest BCUT2D eigenvalue weighted by Gasteiger charge is 2.21. The second-order valence-electron chi connectivity index (χ2n) is 5.63. The Kier molecular flexibility index (Phi) is 5.93. The predicted octanol–water partition coefficient (Wildman–Crippen LogP) is 4.01. The van der Waals surface area contributed by atoms with E-state index in [1.807, 2.05) is 18.2 Å². The molecule has 7 heteroatoms. The fourth-order valence-electron chi connectivity index (χ4n) is 2.69. The third-order valence-electron chi connectivity index (χ3n) is 3.94. The maximum Gasteiger partial charge on any atom is 0.261 e. The van der Waals surface area contributed by atoms with E-state index in [1.54, 1.807) is 18.3 Å². The van der Waals surface area contributed by atoms with E-state index in [0.29, 0.717) is 27.9 Å². The van der Waals surface area contributed by atoms with Crippen molar-refractivity contribution in [2.75, 3.05) is 26.6 Å². The van der Waals surface area contributed by atoms with Crippen molar-refractivity contribution in [2.24, 2.45) is 0 Å². The molecule has 1 heterocycles. The van der Waals surface area contributed by atoms with Gasteiger partial charge in [0.2, 0.25) is 5.75 Å². The molecule has 0 radical (unpaired) electrons. The Balaban J connectivity index is 1.78. The van der Waals surface area contributed by atoms with Gasteiger partial charge in [-0.2, -0.15) is 0 Å². The number of aromatic nitrogens is 1. The molecule has 0 atom stereocenters. The van der Waals surface area contributed by atoms with Crippen molar-refractivity contribution >= 4 is 22.4 Å². The van der Waals surface area contributed by atoms with Crippen LogP contribution in [0.15, 0.2) is 48.7 Å². The van der Waals surface area contributed by atoms with Crippen molar-refractivity contribution in [3.63, 3.8) is 0 Å². The molecule has 140 valence electrons. The van der Waals surface area contributed by atoms with Crippen molar-refractivity contribution < 1.29 is 19.0 Å². The number of benzene rings is 2. The molecule has 3 aromatic rings. The van der Waals surface area contributed by atoms with Gasteiger partial charge < -0.3 is 14.2 Å². The smallest absolute Gasteiger partial charge is 0.261 e. The van der Waals surface area contributed by atoms with Crippen LogP contribution in [0.2, 0.25) is 0 Å². The van der Waals surface area contributed by atoms with E-state index < -0.39 is 0 Å². The van der Waals surface area contributed by atoms with Gasteiger partial charge in [0, 0.05) is 17.5 Å². The highest BCUT2D eigenvalue weighted by Crippen LogP contribution is 2.40. The maximum atomic E-state index is 12.7. The lowest BCUT2D eigenvalue weighted by molar-refractivity contribution is 0.102. The summed E-state index contributed by atoms with van der Waals surface area (Å²) in [6.07, 6.45) is 2.55. The Morgan fingerprint density at radius 2 is 1.74 bits per heavy atom. The number of ether oxygens (including phenoxy) is 3. The first-order chi connectivity index (χ1) is 13.2. The molecule has 1 amide bonds. The van der Waals surface area contributed by atoms with Crippen LogP contribution in [0, 0.1) is 0 Å². The molecule has 2 aromatic carbocycles. The average Bonchev–Trinajstić information content (AvgIpc) is 3.13. The summed E-state index contributed by atoms with van der Waals surface area (Å²) in [7, 11) is 4.51. The lowest BCUT2D eigenvalue weighted by atomic mass is 10.1. The van der Waals surface area contributed by atoms with Crippen LogP contribution < -0.4 is 19.5 Å². The molecule has 1 aromatic heterocycles. The van der Waals surface area contributed by atoms with Crippen molar-refractivity contribution in [3.8, 4) is 17.2 Å². The van der Waals surface area contributed by atoms with Gasteiger partial charge in [-0.3, -0.25) is 10.1 Å². The normalized spacial score (nSPS) is 10.3. The summed E-state index contributed by atoms with van der Waals surface area (Å²) >= 11 is 1.44. The molecule has 6 nitrogen and oxygen atoms in total. The summed E-state index contributed by atoms with van der Waals surface area (Å²) in [6.45, 7) is 0. The van der Waals surface area contributed by atoms with E-state index in [-0.39, 0.29) is 5.91 Å². The van der Waals surface area contributed by atoms with Gasteiger partial charge in [0.1, 0.15) is 0 Å². The molecule has 0 unspecified atom stereocenters. The van der Waals surface area contributed by atoms with Crippen molar-refractivity contribution in [3.05, 3.63) is 64.7 Å². The molecule has 0 bridgehead atoms. The van der Waals surface area contributed by atoms with Crippen LogP contribution in [-0.4, -0.2) is 32.2 Å². The Morgan fingerprint density at radius 3 is 2.41 bits per heavy atom. The Hall–Kier alpha value is -3.06. The number of nitrogens with zero attached hydrogens (tertiary/aromatic N) is 1. The molecule has 0 fully saturated rings. The zero-order valence-corrected chi connectivity index (χ0v) is 16.1. The largest absolute Gasteiger partial charge is 0.493 e. The molecule has 0 aliphatic heterocycles. The lowest BCUT2D eigenvalue weighted by Gasteiger charge is -2.15. The highest BCUT2D eigenvalue weighted by atomic mass is 32.1. The predicted molar refractivity (Wildman–Crippen MR) is 105 cm³/mol. The van der Waals surface area contributed by atoms with Crippen LogP contribution in [0.4, 0.5) is 5.13 Å². The SMILES string of the molecule is COc1ccc(C(=O)Nc2ncc(Cc3ccccc3)s2)c(OC)c1OC. The number of hydrogen-bond acceptors (Lipinski definition) is 6. The average molecular weight is 384 g/mol. The van der Waals surface area contributed by atoms with Gasteiger partial charge in [0.15, 0.2) is 16.6 Å². The van der Waals surface area contributed by atoms with Crippen molar-refractivity contribution in [1.29, 1.82) is 0 Å². The second-order valence-corrected chi connectivity index (χ2v) is 6.75. The zero-order valence-electron chi connectivity index (χ0n) is 15.3. The van der Waals surface area contributed by atoms with Crippen molar-refractivity contribution in [2.45, 2.75) is 6.42 Å². The van der Waals surface area contributed by atoms with Crippen LogP contribution in [-0.2, 0) is 6.42 Å². The van der Waals surface area contributed by atoms with E-state index in [1.165, 1.54) is 38.2 Å². The molecule has 1 N–H and O–H groups in total. The van der Waals surface area contributed by atoms with Gasteiger partial charge in [-0.05, 0) is 17.7 Å². The molecule has 3 rings (SSSR count). The molecule has 0 saturated carbocycles. The van der Waals surface area contributed by atoms with Gasteiger partial charge >= 0.3 is 0 Å². The first-order valence-corrected chi connectivity index (χ1v) is 9.06. The Labute approximate surface area is 161 Å². The number of hydrogen-bond donors (Lipinski definition) is 1. The monoisotopic (exact) mass is 384 g/mol. The number of nitrogens with one attached hydrogen (secondary N) is 1. The standard InChI is InChI=1S/C20H20N2O4S/c1-24-16-10-9-15(17(25-2)18(16)26-3)19(23)22-20-21-12-14(27-20)11-13-7-5-4-6-8-13/h4-10,12H,11H2,1-3H3,(H,21,22,23). The minimum absolute atomic E-state index is 0.315. The van der Waals surface area contributed by atoms with Gasteiger partial charge in [-0.15, -0.1) is 11.3 Å². The lowest BCUT2D eigenvalue weighted by Crippen LogP contribution is -2.13. The highest BCUT2D eigenvalue weighted by molar-refractivity contribution is 7.15. The van der Waals surface area contributed by atoms with Gasteiger partial charge in [0.05, 0.1) is 26.9 Å². The first kappa shape index (κ1) is 18.7. The summed E-state index contributed by atoms with van der Waals surface area (Å²) < 4.78 is 15.9. The van der Waals surface area contributed by atoms with E-state index in [9.17, 15) is 4.79 Å². The fourth-order valence-corrected chi connectivity index (χ4v) is 3.53. The molecule has 27 heavy (non-hydrogen) atoms. The van der Waals surface area contributed by atoms with E-state index in [4.69, 9.17) is 14.2 Å². The van der Waals surface area contributed by atoms with E-state index in [2.05, 4.69) is 22.4 Å². The third-order valence-corrected chi connectivity index (χ3v) is 4.86. The summed E-state index contributed by atoms with van der Waals surface area (Å²) in [4.78, 5) is 18.1. The summed E-state index contributed by atoms with van der Waals surface area (Å²) in [6, 6.07) is 13.4. The molecule has 0 spiro atoms. The number of rotatable bonds is 7. The molecular formula is C20H20N2O4S. The topological polar surface area (TPSA) is 69.7 Å². The number of methoxy groups -OCH3 is 3. The van der Waals surface area contributed by atoms with Crippen molar-refractivity contribution in [1.82, 2.24) is 4.98 Å². The summed E-state index contributed by atoms with van der Waals surface area (Å²) in [5, 5.41) is 3.35. The molecule has 0 aliphatic carbocycles. The Morgan fingerprint density at radius 1 is 1.00 bits per heavy atom. The molecular weight excluding hydrogens is 364 g/mol. The molecule has 0 saturated heterocycles. The summed E-state index contributed by atoms with van der Waals surface area (Å²) in [5.41, 5.74) is 1.54. The fraction of sp³-hybridized carbons (Fsp3) is 0.200. The van der Waals surface area contributed by atoms with Crippen LogP contribution in [0.5, 0.6) is 17.2 Å². The van der Waals surface area contributed by atoms with Crippen LogP contribution >= 0.6 is 11.3 Å². The van der Waals surface area contributed by atoms with Crippen LogP contribution in [0.25, 0.3) is 0 Å². The number of amides is 1. The van der Waals surface area contributed by atoms with Gasteiger partial charge in [-0.1, -0.05) is 30.3 Å². The maximum absolute atomic E-state index is 12.7. The van der Waals surface area contributed by atoms with Gasteiger partial charge in [-0.25, -0.2) is 4.98 Å². The third kappa shape index (κ3) is 4.20. The van der Waals surface area contributed by atoms with Crippen LogP contribution in [0.3, 0.4) is 0 Å². The quantitative estimate of drug-likeness (QED) is 0.666. The zero-order chi connectivity index (χ0) is 19.2. The molecule has 0 aliphatic rings. The number of anilines is 1. The number of carbonyl (C=O) groups is 1. The summed E-state index contributed by atoms with van der Waals surface area (Å²) in [5.74, 6) is 0.852. The van der Waals surface area contributed by atoms with Gasteiger partial charge in [0.25, 0.3) is 5.91 Å². The second kappa shape index (κ2) is 8.55. The first-order valence-electron chi connectivity index (χ1n) is 8.25. The van der Waals surface area contributed by atoms with Crippen LogP contribution in [0.1, 0.15) is 20.8 Å². The number of thiazole rings is 1. The van der Waals surface area contributed by atoms with E-state index >= 15 is 0 Å². The minimum Gasteiger partial charge on any atom is -0.493 e. The number of carbonyl (C=O) groups excluding carboxylic acids is 1. The van der Waals surface area contributed by atoms with E-state index in [0.717, 1.165) is 11.3 Å². The minimum atomic E-state index is -0.326. The Bertz CT molecular complexity index is 925.